The van der Waals surface area contributed by atoms with E-state index in [1.165, 1.54) is 5.57 Å². The number of allylic oxidation sites excluding steroid dienone is 2. The minimum absolute atomic E-state index is 0.600. The summed E-state index contributed by atoms with van der Waals surface area (Å²) in [6.07, 6.45) is 6.13. The molecule has 0 spiro atoms. The van der Waals surface area contributed by atoms with Gasteiger partial charge in [-0.1, -0.05) is 17.7 Å². The van der Waals surface area contributed by atoms with E-state index in [1.807, 2.05) is 32.0 Å². The van der Waals surface area contributed by atoms with Crippen molar-refractivity contribution in [2.75, 3.05) is 13.1 Å². The summed E-state index contributed by atoms with van der Waals surface area (Å²) in [6, 6.07) is 5.86. The normalized spacial score (nSPS) is 22.8. The molecule has 1 aromatic heterocycles. The number of rotatable bonds is 5. The van der Waals surface area contributed by atoms with E-state index in [9.17, 15) is 9.90 Å². The molecule has 1 saturated heterocycles. The Bertz CT molecular complexity index is 509. The fourth-order valence-electron chi connectivity index (χ4n) is 2.91. The first kappa shape index (κ1) is 15.7. The number of carboxylic acids is 1. The van der Waals surface area contributed by atoms with Crippen LogP contribution in [0.15, 0.2) is 36.0 Å². The molecule has 2 rings (SSSR count). The SMILES string of the molecule is CC(C)=CC[C@]1(C(=O)O)CCCN(Cc2ccccn2)C1. The third kappa shape index (κ3) is 4.14. The lowest BCUT2D eigenvalue weighted by Crippen LogP contribution is -2.47. The van der Waals surface area contributed by atoms with E-state index in [2.05, 4.69) is 16.0 Å². The maximum atomic E-state index is 11.8. The number of aliphatic carboxylic acids is 1. The van der Waals surface area contributed by atoms with Crippen molar-refractivity contribution >= 4 is 5.97 Å². The van der Waals surface area contributed by atoms with Gasteiger partial charge in [0.05, 0.1) is 11.1 Å². The minimum Gasteiger partial charge on any atom is -0.481 e. The van der Waals surface area contributed by atoms with Crippen molar-refractivity contribution in [3.63, 3.8) is 0 Å². The molecule has 1 aromatic rings. The Balaban J connectivity index is 2.09. The fourth-order valence-corrected chi connectivity index (χ4v) is 2.91. The number of hydrogen-bond acceptors (Lipinski definition) is 3. The third-order valence-corrected chi connectivity index (χ3v) is 4.12. The molecule has 0 saturated carbocycles. The lowest BCUT2D eigenvalue weighted by Gasteiger charge is -2.39. The van der Waals surface area contributed by atoms with E-state index in [4.69, 9.17) is 0 Å². The van der Waals surface area contributed by atoms with Gasteiger partial charge in [0.15, 0.2) is 0 Å². The maximum Gasteiger partial charge on any atom is 0.311 e. The van der Waals surface area contributed by atoms with Crippen LogP contribution in [-0.2, 0) is 11.3 Å². The van der Waals surface area contributed by atoms with Gasteiger partial charge in [-0.2, -0.15) is 0 Å². The highest BCUT2D eigenvalue weighted by Gasteiger charge is 2.41. The predicted octanol–water partition coefficient (Wildman–Crippen LogP) is 3.10. The van der Waals surface area contributed by atoms with Gasteiger partial charge in [-0.15, -0.1) is 0 Å². The second kappa shape index (κ2) is 6.85. The van der Waals surface area contributed by atoms with Crippen LogP contribution in [0.25, 0.3) is 0 Å². The molecule has 0 aliphatic carbocycles. The minimum atomic E-state index is -0.675. The largest absolute Gasteiger partial charge is 0.481 e. The van der Waals surface area contributed by atoms with Crippen LogP contribution in [0.2, 0.25) is 0 Å². The summed E-state index contributed by atoms with van der Waals surface area (Å²) in [5.41, 5.74) is 1.53. The first-order valence-electron chi connectivity index (χ1n) is 7.51. The Morgan fingerprint density at radius 1 is 1.48 bits per heavy atom. The van der Waals surface area contributed by atoms with E-state index in [1.54, 1.807) is 6.20 Å². The second-order valence-electron chi connectivity index (χ2n) is 6.21. The van der Waals surface area contributed by atoms with Crippen molar-refractivity contribution in [1.29, 1.82) is 0 Å². The van der Waals surface area contributed by atoms with Crippen molar-refractivity contribution < 1.29 is 9.90 Å². The van der Waals surface area contributed by atoms with E-state index in [-0.39, 0.29) is 0 Å². The van der Waals surface area contributed by atoms with Crippen LogP contribution in [0.5, 0.6) is 0 Å². The summed E-state index contributed by atoms with van der Waals surface area (Å²) in [6.45, 7) is 6.31. The number of aromatic nitrogens is 1. The van der Waals surface area contributed by atoms with Gasteiger partial charge in [-0.05, 0) is 51.8 Å². The number of carbonyl (C=O) groups is 1. The standard InChI is InChI=1S/C17H24N2O2/c1-14(2)7-9-17(16(20)21)8-5-11-19(13-17)12-15-6-3-4-10-18-15/h3-4,6-7,10H,5,8-9,11-13H2,1-2H3,(H,20,21)/t17-/m1/s1. The van der Waals surface area contributed by atoms with Gasteiger partial charge in [0.1, 0.15) is 0 Å². The molecule has 0 amide bonds. The van der Waals surface area contributed by atoms with Crippen LogP contribution in [0, 0.1) is 5.41 Å². The zero-order chi connectivity index (χ0) is 15.3. The molecular formula is C17H24N2O2. The molecule has 21 heavy (non-hydrogen) atoms. The summed E-state index contributed by atoms with van der Waals surface area (Å²) < 4.78 is 0. The summed E-state index contributed by atoms with van der Waals surface area (Å²) in [5.74, 6) is -0.675. The average Bonchev–Trinajstić information content (AvgIpc) is 2.46. The van der Waals surface area contributed by atoms with E-state index >= 15 is 0 Å². The predicted molar refractivity (Wildman–Crippen MR) is 82.9 cm³/mol. The van der Waals surface area contributed by atoms with E-state index in [0.717, 1.165) is 31.6 Å². The average molecular weight is 288 g/mol. The molecule has 114 valence electrons. The Morgan fingerprint density at radius 2 is 2.29 bits per heavy atom. The molecule has 1 N–H and O–H groups in total. The van der Waals surface area contributed by atoms with Gasteiger partial charge in [0.2, 0.25) is 0 Å². The lowest BCUT2D eigenvalue weighted by atomic mass is 9.76. The first-order chi connectivity index (χ1) is 10.0. The van der Waals surface area contributed by atoms with Crippen LogP contribution in [0.3, 0.4) is 0 Å². The number of nitrogens with zero attached hydrogens (tertiary/aromatic N) is 2. The van der Waals surface area contributed by atoms with Gasteiger partial charge < -0.3 is 5.11 Å². The number of carboxylic acid groups (broad SMARTS) is 1. The first-order valence-corrected chi connectivity index (χ1v) is 7.51. The lowest BCUT2D eigenvalue weighted by molar-refractivity contribution is -0.152. The van der Waals surface area contributed by atoms with Crippen LogP contribution in [0.1, 0.15) is 38.8 Å². The smallest absolute Gasteiger partial charge is 0.311 e. The van der Waals surface area contributed by atoms with Gasteiger partial charge in [0, 0.05) is 19.3 Å². The topological polar surface area (TPSA) is 53.4 Å². The molecular weight excluding hydrogens is 264 g/mol. The molecule has 4 nitrogen and oxygen atoms in total. The molecule has 1 atom stereocenters. The van der Waals surface area contributed by atoms with Crippen LogP contribution in [-0.4, -0.2) is 34.0 Å². The van der Waals surface area contributed by atoms with Gasteiger partial charge >= 0.3 is 5.97 Å². The van der Waals surface area contributed by atoms with Crippen molar-refractivity contribution in [1.82, 2.24) is 9.88 Å². The molecule has 2 heterocycles. The van der Waals surface area contributed by atoms with Crippen molar-refractivity contribution in [2.45, 2.75) is 39.7 Å². The number of pyridine rings is 1. The van der Waals surface area contributed by atoms with Crippen LogP contribution >= 0.6 is 0 Å². The highest BCUT2D eigenvalue weighted by molar-refractivity contribution is 5.75. The molecule has 4 heteroatoms. The Labute approximate surface area is 126 Å². The monoisotopic (exact) mass is 288 g/mol. The molecule has 0 unspecified atom stereocenters. The van der Waals surface area contributed by atoms with Crippen molar-refractivity contribution in [3.05, 3.63) is 41.7 Å². The fraction of sp³-hybridized carbons (Fsp3) is 0.529. The summed E-state index contributed by atoms with van der Waals surface area (Å²) in [4.78, 5) is 18.4. The quantitative estimate of drug-likeness (QED) is 0.846. The van der Waals surface area contributed by atoms with Gasteiger partial charge in [-0.25, -0.2) is 0 Å². The number of likely N-dealkylation sites (tertiary alicyclic amines) is 1. The summed E-state index contributed by atoms with van der Waals surface area (Å²) >= 11 is 0. The molecule has 0 radical (unpaired) electrons. The summed E-state index contributed by atoms with van der Waals surface area (Å²) in [5, 5.41) is 9.71. The van der Waals surface area contributed by atoms with Crippen LogP contribution < -0.4 is 0 Å². The number of piperidine rings is 1. The highest BCUT2D eigenvalue weighted by atomic mass is 16.4. The third-order valence-electron chi connectivity index (χ3n) is 4.12. The van der Waals surface area contributed by atoms with Crippen molar-refractivity contribution in [3.8, 4) is 0 Å². The van der Waals surface area contributed by atoms with Gasteiger partial charge in [-0.3, -0.25) is 14.7 Å². The van der Waals surface area contributed by atoms with Gasteiger partial charge in [0.25, 0.3) is 0 Å². The zero-order valence-electron chi connectivity index (χ0n) is 12.9. The summed E-state index contributed by atoms with van der Waals surface area (Å²) in [7, 11) is 0. The molecule has 0 bridgehead atoms. The highest BCUT2D eigenvalue weighted by Crippen LogP contribution is 2.35. The Morgan fingerprint density at radius 3 is 2.90 bits per heavy atom. The van der Waals surface area contributed by atoms with E-state index < -0.39 is 11.4 Å². The molecule has 0 aromatic carbocycles. The Kier molecular flexibility index (Phi) is 5.12. The Hall–Kier alpha value is -1.68. The zero-order valence-corrected chi connectivity index (χ0v) is 12.9. The van der Waals surface area contributed by atoms with Crippen LogP contribution in [0.4, 0.5) is 0 Å². The molecule has 1 fully saturated rings. The molecule has 1 aliphatic rings. The second-order valence-corrected chi connectivity index (χ2v) is 6.21. The van der Waals surface area contributed by atoms with Crippen molar-refractivity contribution in [2.24, 2.45) is 5.41 Å². The number of hydrogen-bond donors (Lipinski definition) is 1. The molecule has 1 aliphatic heterocycles. The maximum absolute atomic E-state index is 11.8. The van der Waals surface area contributed by atoms with E-state index in [0.29, 0.717) is 13.0 Å².